The van der Waals surface area contributed by atoms with E-state index in [-0.39, 0.29) is 0 Å². The Bertz CT molecular complexity index is 601. The fourth-order valence-electron chi connectivity index (χ4n) is 2.02. The summed E-state index contributed by atoms with van der Waals surface area (Å²) >= 11 is 5.97. The maximum absolute atomic E-state index is 5.97. The molecule has 21 heavy (non-hydrogen) atoms. The zero-order valence-electron chi connectivity index (χ0n) is 12.7. The zero-order chi connectivity index (χ0) is 15.2. The van der Waals surface area contributed by atoms with Crippen molar-refractivity contribution in [1.29, 1.82) is 0 Å². The Morgan fingerprint density at radius 3 is 2.81 bits per heavy atom. The van der Waals surface area contributed by atoms with Crippen molar-refractivity contribution >= 4 is 29.1 Å². The second-order valence-electron chi connectivity index (χ2n) is 5.10. The smallest absolute Gasteiger partial charge is 0.229 e. The van der Waals surface area contributed by atoms with E-state index < -0.39 is 0 Å². The van der Waals surface area contributed by atoms with Crippen LogP contribution < -0.4 is 10.2 Å². The molecule has 0 atom stereocenters. The van der Waals surface area contributed by atoms with Crippen LogP contribution in [0, 0.1) is 6.92 Å². The van der Waals surface area contributed by atoms with Crippen LogP contribution >= 0.6 is 11.6 Å². The normalized spacial score (nSPS) is 10.5. The molecule has 0 saturated carbocycles. The van der Waals surface area contributed by atoms with E-state index in [4.69, 9.17) is 11.6 Å². The van der Waals surface area contributed by atoms with Gasteiger partial charge in [-0.25, -0.2) is 4.98 Å². The summed E-state index contributed by atoms with van der Waals surface area (Å²) in [6.07, 6.45) is 4.10. The lowest BCUT2D eigenvalue weighted by atomic mass is 10.2. The predicted octanol–water partition coefficient (Wildman–Crippen LogP) is 4.42. The van der Waals surface area contributed by atoms with E-state index in [1.54, 1.807) is 6.20 Å². The molecule has 0 unspecified atom stereocenters. The minimum absolute atomic E-state index is 0.598. The van der Waals surface area contributed by atoms with E-state index in [1.807, 2.05) is 31.2 Å². The quantitative estimate of drug-likeness (QED) is 0.858. The first kappa shape index (κ1) is 15.6. The van der Waals surface area contributed by atoms with Gasteiger partial charge in [-0.2, -0.15) is 4.98 Å². The molecule has 0 amide bonds. The third-order valence-electron chi connectivity index (χ3n) is 3.31. The van der Waals surface area contributed by atoms with E-state index in [9.17, 15) is 0 Å². The lowest BCUT2D eigenvalue weighted by Gasteiger charge is -2.18. The molecule has 0 radical (unpaired) electrons. The molecule has 0 aliphatic rings. The number of benzene rings is 1. The van der Waals surface area contributed by atoms with Crippen molar-refractivity contribution in [2.45, 2.75) is 26.7 Å². The van der Waals surface area contributed by atoms with Crippen molar-refractivity contribution in [3.05, 3.63) is 41.0 Å². The first-order chi connectivity index (χ1) is 10.1. The average Bonchev–Trinajstić information content (AvgIpc) is 2.48. The van der Waals surface area contributed by atoms with E-state index in [2.05, 4.69) is 34.2 Å². The molecule has 0 aliphatic heterocycles. The maximum atomic E-state index is 5.97. The van der Waals surface area contributed by atoms with Crippen LogP contribution in [-0.4, -0.2) is 23.6 Å². The van der Waals surface area contributed by atoms with Gasteiger partial charge in [0.25, 0.3) is 0 Å². The Kier molecular flexibility index (Phi) is 5.39. The highest BCUT2D eigenvalue weighted by atomic mass is 35.5. The fraction of sp³-hybridized carbons (Fsp3) is 0.375. The number of aryl methyl sites for hydroxylation is 1. The van der Waals surface area contributed by atoms with E-state index in [0.29, 0.717) is 5.95 Å². The van der Waals surface area contributed by atoms with Crippen LogP contribution in [0.5, 0.6) is 0 Å². The fourth-order valence-corrected chi connectivity index (χ4v) is 2.25. The molecule has 1 N–H and O–H groups in total. The van der Waals surface area contributed by atoms with Gasteiger partial charge in [-0.05, 0) is 43.2 Å². The van der Waals surface area contributed by atoms with Crippen molar-refractivity contribution in [1.82, 2.24) is 9.97 Å². The Labute approximate surface area is 131 Å². The number of unbranched alkanes of at least 4 members (excludes halogenated alkanes) is 1. The summed E-state index contributed by atoms with van der Waals surface area (Å²) < 4.78 is 0. The Morgan fingerprint density at radius 2 is 2.10 bits per heavy atom. The van der Waals surface area contributed by atoms with Crippen LogP contribution in [0.25, 0.3) is 0 Å². The van der Waals surface area contributed by atoms with E-state index >= 15 is 0 Å². The van der Waals surface area contributed by atoms with Crippen LogP contribution in [-0.2, 0) is 0 Å². The van der Waals surface area contributed by atoms with Gasteiger partial charge in [-0.15, -0.1) is 0 Å². The molecular weight excluding hydrogens is 284 g/mol. The average molecular weight is 305 g/mol. The molecule has 0 fully saturated rings. The highest BCUT2D eigenvalue weighted by Crippen LogP contribution is 2.22. The summed E-state index contributed by atoms with van der Waals surface area (Å²) in [6.45, 7) is 5.18. The van der Waals surface area contributed by atoms with Gasteiger partial charge >= 0.3 is 0 Å². The van der Waals surface area contributed by atoms with Gasteiger partial charge in [0.2, 0.25) is 5.95 Å². The van der Waals surface area contributed by atoms with Crippen LogP contribution in [0.1, 0.15) is 25.3 Å². The van der Waals surface area contributed by atoms with Crippen LogP contribution in [0.3, 0.4) is 0 Å². The molecule has 5 heteroatoms. The number of rotatable bonds is 6. The SMILES string of the molecule is CCCCN(C)c1ccnc(Nc2ccc(Cl)cc2C)n1. The molecule has 1 aromatic carbocycles. The van der Waals surface area contributed by atoms with Crippen LogP contribution in [0.4, 0.5) is 17.5 Å². The monoisotopic (exact) mass is 304 g/mol. The third kappa shape index (κ3) is 4.33. The first-order valence-electron chi connectivity index (χ1n) is 7.17. The minimum Gasteiger partial charge on any atom is -0.360 e. The summed E-state index contributed by atoms with van der Waals surface area (Å²) in [5.41, 5.74) is 2.03. The molecule has 4 nitrogen and oxygen atoms in total. The number of halogens is 1. The number of nitrogens with zero attached hydrogens (tertiary/aromatic N) is 3. The molecule has 1 heterocycles. The van der Waals surface area contributed by atoms with E-state index in [0.717, 1.165) is 35.1 Å². The second kappa shape index (κ2) is 7.27. The Balaban J connectivity index is 2.13. The van der Waals surface area contributed by atoms with Gasteiger partial charge in [0.1, 0.15) is 5.82 Å². The maximum Gasteiger partial charge on any atom is 0.229 e. The Morgan fingerprint density at radius 1 is 1.29 bits per heavy atom. The minimum atomic E-state index is 0.598. The highest BCUT2D eigenvalue weighted by Gasteiger charge is 2.06. The molecule has 0 saturated heterocycles. The van der Waals surface area contributed by atoms with Crippen molar-refractivity contribution < 1.29 is 0 Å². The van der Waals surface area contributed by atoms with Crippen molar-refractivity contribution in [2.75, 3.05) is 23.8 Å². The molecule has 1 aromatic heterocycles. The predicted molar refractivity (Wildman–Crippen MR) is 89.7 cm³/mol. The van der Waals surface area contributed by atoms with Crippen molar-refractivity contribution in [2.24, 2.45) is 0 Å². The number of hydrogen-bond donors (Lipinski definition) is 1. The molecule has 2 aromatic rings. The number of nitrogens with one attached hydrogen (secondary N) is 1. The van der Waals surface area contributed by atoms with Gasteiger partial charge in [0.05, 0.1) is 0 Å². The standard InChI is InChI=1S/C16H21ClN4/c1-4-5-10-21(3)15-8-9-18-16(20-15)19-14-7-6-13(17)11-12(14)2/h6-9,11H,4-5,10H2,1-3H3,(H,18,19,20). The molecule has 0 aliphatic carbocycles. The van der Waals surface area contributed by atoms with E-state index in [1.165, 1.54) is 6.42 Å². The number of hydrogen-bond acceptors (Lipinski definition) is 4. The largest absolute Gasteiger partial charge is 0.360 e. The topological polar surface area (TPSA) is 41.1 Å². The number of anilines is 3. The second-order valence-corrected chi connectivity index (χ2v) is 5.53. The summed E-state index contributed by atoms with van der Waals surface area (Å²) in [7, 11) is 2.05. The number of aromatic nitrogens is 2. The van der Waals surface area contributed by atoms with Gasteiger partial charge in [-0.3, -0.25) is 0 Å². The Hall–Kier alpha value is -1.81. The lowest BCUT2D eigenvalue weighted by Crippen LogP contribution is -2.20. The zero-order valence-corrected chi connectivity index (χ0v) is 13.5. The summed E-state index contributed by atoms with van der Waals surface area (Å²) in [5.74, 6) is 1.52. The molecule has 112 valence electrons. The van der Waals surface area contributed by atoms with Gasteiger partial charge in [0, 0.05) is 30.5 Å². The van der Waals surface area contributed by atoms with Crippen molar-refractivity contribution in [3.8, 4) is 0 Å². The van der Waals surface area contributed by atoms with Crippen LogP contribution in [0.2, 0.25) is 5.02 Å². The van der Waals surface area contributed by atoms with Gasteiger partial charge in [-0.1, -0.05) is 24.9 Å². The highest BCUT2D eigenvalue weighted by molar-refractivity contribution is 6.30. The van der Waals surface area contributed by atoms with Gasteiger partial charge in [0.15, 0.2) is 0 Å². The first-order valence-corrected chi connectivity index (χ1v) is 7.55. The molecule has 0 spiro atoms. The van der Waals surface area contributed by atoms with Crippen LogP contribution in [0.15, 0.2) is 30.5 Å². The van der Waals surface area contributed by atoms with Crippen molar-refractivity contribution in [3.63, 3.8) is 0 Å². The van der Waals surface area contributed by atoms with Gasteiger partial charge < -0.3 is 10.2 Å². The summed E-state index contributed by atoms with van der Waals surface area (Å²) in [6, 6.07) is 7.64. The third-order valence-corrected chi connectivity index (χ3v) is 3.55. The summed E-state index contributed by atoms with van der Waals surface area (Å²) in [4.78, 5) is 11.0. The lowest BCUT2D eigenvalue weighted by molar-refractivity contribution is 0.759. The molecule has 2 rings (SSSR count). The molecule has 0 bridgehead atoms. The molecular formula is C16H21ClN4. The summed E-state index contributed by atoms with van der Waals surface area (Å²) in [5, 5.41) is 3.97.